The number of hydrogen-bond donors (Lipinski definition) is 4. The van der Waals surface area contributed by atoms with Crippen LogP contribution in [0, 0.1) is 18.7 Å². The first kappa shape index (κ1) is 20.2. The number of aromatic nitrogens is 2. The fourth-order valence-corrected chi connectivity index (χ4v) is 4.44. The van der Waals surface area contributed by atoms with Gasteiger partial charge in [-0.2, -0.15) is 4.68 Å². The molecule has 2 fully saturated rings. The first-order valence-corrected chi connectivity index (χ1v) is 10.00. The summed E-state index contributed by atoms with van der Waals surface area (Å²) in [6.45, 7) is 3.03. The van der Waals surface area contributed by atoms with E-state index < -0.39 is 23.1 Å². The highest BCUT2D eigenvalue weighted by molar-refractivity contribution is 5.87. The second-order valence-electron chi connectivity index (χ2n) is 8.19. The summed E-state index contributed by atoms with van der Waals surface area (Å²) in [5.74, 6) is 5.16. The number of primary amides is 1. The van der Waals surface area contributed by atoms with Crippen molar-refractivity contribution in [2.24, 2.45) is 17.4 Å². The fraction of sp³-hybridized carbons (Fsp3) is 0.526. The SMILES string of the molecule is Cc1c(N2CC[C@@H]([C@H](N)CNC(N)=O)C2)c(F)cc2c(=O)n(N)c(=O)n(C3CC3)c12. The van der Waals surface area contributed by atoms with Gasteiger partial charge in [0, 0.05) is 37.3 Å². The number of carbonyl (C=O) groups is 1. The zero-order valence-electron chi connectivity index (χ0n) is 16.7. The number of rotatable bonds is 5. The molecular weight excluding hydrogens is 393 g/mol. The maximum Gasteiger partial charge on any atom is 0.350 e. The number of nitrogens with one attached hydrogen (secondary N) is 1. The minimum Gasteiger partial charge on any atom is -0.369 e. The molecule has 4 rings (SSSR count). The summed E-state index contributed by atoms with van der Waals surface area (Å²) in [6.07, 6.45) is 2.35. The minimum atomic E-state index is -0.709. The number of nitrogens with two attached hydrogens (primary N) is 3. The molecule has 7 N–H and O–H groups in total. The maximum absolute atomic E-state index is 15.2. The Morgan fingerprint density at radius 3 is 2.67 bits per heavy atom. The largest absolute Gasteiger partial charge is 0.369 e. The van der Waals surface area contributed by atoms with Crippen LogP contribution in [0.2, 0.25) is 0 Å². The Labute approximate surface area is 171 Å². The summed E-state index contributed by atoms with van der Waals surface area (Å²) in [6, 6.07) is 0.177. The molecule has 0 radical (unpaired) electrons. The standard InChI is InChI=1S/C19H26FN7O3/c1-9-15-12(17(28)27(23)19(30)26(15)11-2-3-11)6-13(20)16(9)25-5-4-10(8-25)14(21)7-24-18(22)29/h6,10-11,14H,2-5,7-8,21,23H2,1H3,(H3,22,24,29)/t10-,14-/m1/s1. The Hall–Kier alpha value is -3.08. The van der Waals surface area contributed by atoms with Gasteiger partial charge in [-0.05, 0) is 38.2 Å². The quantitative estimate of drug-likeness (QED) is 0.478. The molecule has 1 saturated carbocycles. The first-order chi connectivity index (χ1) is 14.2. The maximum atomic E-state index is 15.2. The lowest BCUT2D eigenvalue weighted by atomic mass is 10.00. The monoisotopic (exact) mass is 419 g/mol. The van der Waals surface area contributed by atoms with Crippen molar-refractivity contribution in [1.82, 2.24) is 14.6 Å². The minimum absolute atomic E-state index is 0.0352. The zero-order chi connectivity index (χ0) is 21.7. The number of carbonyl (C=O) groups excluding carboxylic acids is 1. The molecule has 1 aromatic carbocycles. The van der Waals surface area contributed by atoms with E-state index in [4.69, 9.17) is 17.3 Å². The second-order valence-corrected chi connectivity index (χ2v) is 8.19. The Morgan fingerprint density at radius 1 is 1.33 bits per heavy atom. The van der Waals surface area contributed by atoms with Crippen molar-refractivity contribution in [3.05, 3.63) is 38.3 Å². The van der Waals surface area contributed by atoms with Crippen LogP contribution in [0.15, 0.2) is 15.7 Å². The molecule has 2 aromatic rings. The second kappa shape index (κ2) is 7.31. The summed E-state index contributed by atoms with van der Waals surface area (Å²) in [4.78, 5) is 38.0. The van der Waals surface area contributed by atoms with Crippen molar-refractivity contribution in [3.8, 4) is 0 Å². The number of nitrogens with zero attached hydrogens (tertiary/aromatic N) is 3. The Bertz CT molecular complexity index is 1140. The lowest BCUT2D eigenvalue weighted by Gasteiger charge is -2.25. The molecule has 2 atom stereocenters. The molecule has 0 spiro atoms. The highest BCUT2D eigenvalue weighted by atomic mass is 19.1. The topological polar surface area (TPSA) is 154 Å². The normalized spacial score (nSPS) is 20.0. The number of urea groups is 1. The number of nitrogen functional groups attached to an aromatic ring is 1. The summed E-state index contributed by atoms with van der Waals surface area (Å²) < 4.78 is 17.2. The zero-order valence-corrected chi connectivity index (χ0v) is 16.7. The molecule has 162 valence electrons. The van der Waals surface area contributed by atoms with E-state index in [9.17, 15) is 14.4 Å². The van der Waals surface area contributed by atoms with Gasteiger partial charge in [0.1, 0.15) is 5.82 Å². The van der Waals surface area contributed by atoms with Crippen LogP contribution in [0.4, 0.5) is 14.9 Å². The predicted octanol–water partition coefficient (Wildman–Crippen LogP) is -0.519. The number of aryl methyl sites for hydroxylation is 1. The lowest BCUT2D eigenvalue weighted by molar-refractivity contribution is 0.247. The average Bonchev–Trinajstić information content (AvgIpc) is 3.42. The van der Waals surface area contributed by atoms with Crippen LogP contribution in [0.5, 0.6) is 0 Å². The van der Waals surface area contributed by atoms with Gasteiger partial charge in [0.25, 0.3) is 5.56 Å². The molecule has 30 heavy (non-hydrogen) atoms. The van der Waals surface area contributed by atoms with Crippen molar-refractivity contribution < 1.29 is 9.18 Å². The van der Waals surface area contributed by atoms with Crippen LogP contribution in [0.3, 0.4) is 0 Å². The molecule has 2 heterocycles. The van der Waals surface area contributed by atoms with E-state index in [-0.39, 0.29) is 29.9 Å². The van der Waals surface area contributed by atoms with Crippen LogP contribution in [-0.4, -0.2) is 41.0 Å². The number of hydrogen-bond acceptors (Lipinski definition) is 6. The molecular formula is C19H26FN7O3. The van der Waals surface area contributed by atoms with E-state index in [0.717, 1.165) is 19.3 Å². The molecule has 2 amide bonds. The van der Waals surface area contributed by atoms with Crippen molar-refractivity contribution in [3.63, 3.8) is 0 Å². The van der Waals surface area contributed by atoms with Gasteiger partial charge in [-0.1, -0.05) is 0 Å². The van der Waals surface area contributed by atoms with Crippen LogP contribution in [-0.2, 0) is 0 Å². The van der Waals surface area contributed by atoms with E-state index >= 15 is 4.39 Å². The summed E-state index contributed by atoms with van der Waals surface area (Å²) >= 11 is 0. The Kier molecular flexibility index (Phi) is 4.92. The molecule has 1 saturated heterocycles. The molecule has 0 unspecified atom stereocenters. The molecule has 1 aliphatic carbocycles. The van der Waals surface area contributed by atoms with E-state index in [0.29, 0.717) is 34.5 Å². The van der Waals surface area contributed by atoms with E-state index in [1.807, 2.05) is 4.90 Å². The van der Waals surface area contributed by atoms with Gasteiger partial charge in [-0.15, -0.1) is 0 Å². The first-order valence-electron chi connectivity index (χ1n) is 10.00. The van der Waals surface area contributed by atoms with Gasteiger partial charge in [0.15, 0.2) is 0 Å². The number of fused-ring (bicyclic) bond motifs is 1. The van der Waals surface area contributed by atoms with E-state index in [1.54, 1.807) is 6.92 Å². The van der Waals surface area contributed by atoms with Gasteiger partial charge in [0.2, 0.25) is 0 Å². The highest BCUT2D eigenvalue weighted by Crippen LogP contribution is 2.39. The number of anilines is 1. The molecule has 10 nitrogen and oxygen atoms in total. The van der Waals surface area contributed by atoms with Crippen molar-refractivity contribution in [2.75, 3.05) is 30.4 Å². The van der Waals surface area contributed by atoms with Gasteiger partial charge < -0.3 is 27.5 Å². The molecule has 11 heteroatoms. The average molecular weight is 419 g/mol. The Balaban J connectivity index is 1.75. The van der Waals surface area contributed by atoms with Crippen LogP contribution >= 0.6 is 0 Å². The fourth-order valence-electron chi connectivity index (χ4n) is 4.44. The molecule has 2 aliphatic rings. The molecule has 0 bridgehead atoms. The van der Waals surface area contributed by atoms with Crippen molar-refractivity contribution in [1.29, 1.82) is 0 Å². The molecule has 1 aromatic heterocycles. The Morgan fingerprint density at radius 2 is 2.03 bits per heavy atom. The third-order valence-electron chi connectivity index (χ3n) is 6.14. The van der Waals surface area contributed by atoms with Gasteiger partial charge in [-0.25, -0.2) is 14.0 Å². The highest BCUT2D eigenvalue weighted by Gasteiger charge is 2.33. The van der Waals surface area contributed by atoms with Crippen molar-refractivity contribution >= 4 is 22.6 Å². The van der Waals surface area contributed by atoms with Crippen LogP contribution in [0.25, 0.3) is 10.9 Å². The lowest BCUT2D eigenvalue weighted by Crippen LogP contribution is -2.45. The number of benzene rings is 1. The summed E-state index contributed by atoms with van der Waals surface area (Å²) in [5.41, 5.74) is 11.3. The van der Waals surface area contributed by atoms with E-state index in [1.165, 1.54) is 10.6 Å². The van der Waals surface area contributed by atoms with Gasteiger partial charge >= 0.3 is 11.7 Å². The third-order valence-corrected chi connectivity index (χ3v) is 6.14. The summed E-state index contributed by atoms with van der Waals surface area (Å²) in [5, 5.41) is 2.60. The predicted molar refractivity (Wildman–Crippen MR) is 111 cm³/mol. The van der Waals surface area contributed by atoms with Gasteiger partial charge in [0.05, 0.1) is 16.6 Å². The smallest absolute Gasteiger partial charge is 0.350 e. The van der Waals surface area contributed by atoms with Crippen LogP contribution < -0.4 is 38.8 Å². The number of amides is 2. The van der Waals surface area contributed by atoms with E-state index in [2.05, 4.69) is 5.32 Å². The van der Waals surface area contributed by atoms with Gasteiger partial charge in [-0.3, -0.25) is 9.36 Å². The number of halogens is 1. The third kappa shape index (κ3) is 3.28. The van der Waals surface area contributed by atoms with Crippen molar-refractivity contribution in [2.45, 2.75) is 38.3 Å². The molecule has 1 aliphatic heterocycles. The van der Waals surface area contributed by atoms with Crippen LogP contribution in [0.1, 0.15) is 30.9 Å². The summed E-state index contributed by atoms with van der Waals surface area (Å²) in [7, 11) is 0.